The highest BCUT2D eigenvalue weighted by Gasteiger charge is 2.01. The largest absolute Gasteiger partial charge is 0.253 e. The van der Waals surface area contributed by atoms with Crippen molar-refractivity contribution in [3.8, 4) is 0 Å². The molecule has 1 aromatic heterocycles. The number of nitrogens with zero attached hydrogens (tertiary/aromatic N) is 1. The van der Waals surface area contributed by atoms with Crippen LogP contribution in [0.15, 0.2) is 36.4 Å². The van der Waals surface area contributed by atoms with Gasteiger partial charge in [0, 0.05) is 21.3 Å². The number of fused-ring (bicyclic) bond motifs is 1. The van der Waals surface area contributed by atoms with Crippen molar-refractivity contribution in [3.63, 3.8) is 0 Å². The molecular formula is C11H10NSi. The van der Waals surface area contributed by atoms with Gasteiger partial charge in [-0.2, -0.15) is 0 Å². The second kappa shape index (κ2) is 3.30. The van der Waals surface area contributed by atoms with Crippen LogP contribution < -0.4 is 0 Å². The summed E-state index contributed by atoms with van der Waals surface area (Å²) in [5.41, 5.74) is 2.45. The van der Waals surface area contributed by atoms with Gasteiger partial charge in [-0.25, -0.2) is 0 Å². The molecule has 0 aliphatic carbocycles. The van der Waals surface area contributed by atoms with E-state index in [-0.39, 0.29) is 0 Å². The Morgan fingerprint density at radius 2 is 1.92 bits per heavy atom. The molecule has 0 N–H and O–H groups in total. The first kappa shape index (κ1) is 8.45. The summed E-state index contributed by atoms with van der Waals surface area (Å²) in [6, 6.07) is 12.3. The van der Waals surface area contributed by atoms with Crippen LogP contribution in [0.1, 0.15) is 18.2 Å². The third-order valence-corrected chi connectivity index (χ3v) is 2.36. The Morgan fingerprint density at radius 1 is 1.15 bits per heavy atom. The van der Waals surface area contributed by atoms with Crippen LogP contribution in [0.4, 0.5) is 0 Å². The third kappa shape index (κ3) is 1.63. The van der Waals surface area contributed by atoms with Crippen LogP contribution in [0.5, 0.6) is 0 Å². The summed E-state index contributed by atoms with van der Waals surface area (Å²) in [5.74, 6) is 0. The van der Waals surface area contributed by atoms with Crippen molar-refractivity contribution in [2.45, 2.75) is 12.5 Å². The van der Waals surface area contributed by atoms with Crippen LogP contribution in [0.25, 0.3) is 10.9 Å². The summed E-state index contributed by atoms with van der Waals surface area (Å²) in [6.45, 7) is 2.08. The molecule has 13 heavy (non-hydrogen) atoms. The summed E-state index contributed by atoms with van der Waals surface area (Å²) >= 11 is 0. The van der Waals surface area contributed by atoms with Gasteiger partial charge in [0.1, 0.15) is 0 Å². The lowest BCUT2D eigenvalue weighted by Crippen LogP contribution is -1.95. The molecule has 0 saturated carbocycles. The Morgan fingerprint density at radius 3 is 2.69 bits per heavy atom. The zero-order chi connectivity index (χ0) is 9.26. The number of hydrogen-bond donors (Lipinski definition) is 0. The van der Waals surface area contributed by atoms with E-state index in [9.17, 15) is 0 Å². The third-order valence-electron chi connectivity index (χ3n) is 2.06. The lowest BCUT2D eigenvalue weighted by atomic mass is 10.2. The monoisotopic (exact) mass is 184 g/mol. The number of aromatic nitrogens is 1. The summed E-state index contributed by atoms with van der Waals surface area (Å²) in [7, 11) is 3.56. The number of benzene rings is 1. The highest BCUT2D eigenvalue weighted by molar-refractivity contribution is 6.12. The fourth-order valence-corrected chi connectivity index (χ4v) is 1.48. The smallest absolute Gasteiger partial charge is 0.0705 e. The molecule has 1 nitrogen and oxygen atoms in total. The van der Waals surface area contributed by atoms with Crippen molar-refractivity contribution in [2.75, 3.05) is 0 Å². The maximum absolute atomic E-state index is 4.53. The lowest BCUT2D eigenvalue weighted by Gasteiger charge is -2.04. The van der Waals surface area contributed by atoms with Gasteiger partial charge in [-0.05, 0) is 17.7 Å². The van der Waals surface area contributed by atoms with E-state index in [0.29, 0.717) is 5.54 Å². The van der Waals surface area contributed by atoms with Gasteiger partial charge in [0.25, 0.3) is 0 Å². The quantitative estimate of drug-likeness (QED) is 0.620. The van der Waals surface area contributed by atoms with E-state index in [1.807, 2.05) is 18.2 Å². The molecule has 0 aliphatic heterocycles. The Labute approximate surface area is 81.2 Å². The molecule has 0 spiro atoms. The first-order valence-electron chi connectivity index (χ1n) is 4.34. The molecule has 1 atom stereocenters. The predicted octanol–water partition coefficient (Wildman–Crippen LogP) is 2.46. The maximum atomic E-state index is 4.53. The minimum Gasteiger partial charge on any atom is -0.253 e. The highest BCUT2D eigenvalue weighted by Crippen LogP contribution is 2.15. The first-order chi connectivity index (χ1) is 6.27. The molecule has 3 radical (unpaired) electrons. The minimum atomic E-state index is 0.310. The standard InChI is InChI=1S/C11H10NSi/c1-8(13)10-7-6-9-4-2-3-5-11(9)12-10/h2-8H,1H3. The van der Waals surface area contributed by atoms with Crippen LogP contribution in [-0.2, 0) is 0 Å². The maximum Gasteiger partial charge on any atom is 0.0705 e. The van der Waals surface area contributed by atoms with Gasteiger partial charge < -0.3 is 0 Å². The molecule has 0 saturated heterocycles. The van der Waals surface area contributed by atoms with Gasteiger partial charge in [-0.3, -0.25) is 4.98 Å². The van der Waals surface area contributed by atoms with Gasteiger partial charge in [-0.1, -0.05) is 31.2 Å². The van der Waals surface area contributed by atoms with E-state index in [0.717, 1.165) is 11.2 Å². The molecule has 2 aromatic rings. The van der Waals surface area contributed by atoms with Crippen molar-refractivity contribution in [1.82, 2.24) is 4.98 Å². The zero-order valence-corrected chi connectivity index (χ0v) is 8.49. The number of hydrogen-bond acceptors (Lipinski definition) is 1. The Balaban J connectivity index is 2.62. The Kier molecular flexibility index (Phi) is 2.15. The fraction of sp³-hybridized carbons (Fsp3) is 0.182. The Hall–Kier alpha value is -1.15. The number of pyridine rings is 1. The number of para-hydroxylation sites is 1. The molecule has 63 valence electrons. The van der Waals surface area contributed by atoms with Crippen molar-refractivity contribution in [1.29, 1.82) is 0 Å². The molecule has 1 aromatic carbocycles. The zero-order valence-electron chi connectivity index (χ0n) is 7.49. The molecule has 1 heterocycles. The second-order valence-corrected chi connectivity index (χ2v) is 4.02. The first-order valence-corrected chi connectivity index (χ1v) is 4.92. The SMILES string of the molecule is CC([Si])c1ccc2ccccc2n1. The van der Waals surface area contributed by atoms with Gasteiger partial charge >= 0.3 is 0 Å². The molecule has 0 amide bonds. The second-order valence-electron chi connectivity index (χ2n) is 3.15. The van der Waals surface area contributed by atoms with Crippen LogP contribution in [0.3, 0.4) is 0 Å². The van der Waals surface area contributed by atoms with Crippen molar-refractivity contribution >= 4 is 21.1 Å². The van der Waals surface area contributed by atoms with E-state index in [1.54, 1.807) is 0 Å². The molecular weight excluding hydrogens is 174 g/mol. The van der Waals surface area contributed by atoms with Crippen molar-refractivity contribution < 1.29 is 0 Å². The van der Waals surface area contributed by atoms with Crippen LogP contribution >= 0.6 is 0 Å². The fourth-order valence-electron chi connectivity index (χ4n) is 1.32. The van der Waals surface area contributed by atoms with Gasteiger partial charge in [0.2, 0.25) is 0 Å². The van der Waals surface area contributed by atoms with E-state index in [1.165, 1.54) is 5.39 Å². The predicted molar refractivity (Wildman–Crippen MR) is 55.9 cm³/mol. The van der Waals surface area contributed by atoms with Crippen LogP contribution in [0.2, 0.25) is 0 Å². The molecule has 2 rings (SSSR count). The molecule has 0 bridgehead atoms. The molecule has 0 aliphatic rings. The van der Waals surface area contributed by atoms with E-state index < -0.39 is 0 Å². The molecule has 2 heteroatoms. The van der Waals surface area contributed by atoms with Crippen LogP contribution in [0, 0.1) is 0 Å². The Bertz CT molecular complexity index is 423. The van der Waals surface area contributed by atoms with Crippen molar-refractivity contribution in [3.05, 3.63) is 42.1 Å². The van der Waals surface area contributed by atoms with Gasteiger partial charge in [0.15, 0.2) is 0 Å². The molecule has 0 fully saturated rings. The summed E-state index contributed by atoms with van der Waals surface area (Å²) in [4.78, 5) is 4.53. The topological polar surface area (TPSA) is 12.9 Å². The summed E-state index contributed by atoms with van der Waals surface area (Å²) < 4.78 is 0. The lowest BCUT2D eigenvalue weighted by molar-refractivity contribution is 1.01. The van der Waals surface area contributed by atoms with Crippen molar-refractivity contribution in [2.24, 2.45) is 0 Å². The van der Waals surface area contributed by atoms with E-state index >= 15 is 0 Å². The van der Waals surface area contributed by atoms with E-state index in [2.05, 4.69) is 40.3 Å². The van der Waals surface area contributed by atoms with Crippen LogP contribution in [-0.4, -0.2) is 15.2 Å². The normalized spacial score (nSPS) is 13.1. The minimum absolute atomic E-state index is 0.310. The molecule has 1 unspecified atom stereocenters. The average Bonchev–Trinajstić information content (AvgIpc) is 2.17. The summed E-state index contributed by atoms with van der Waals surface area (Å²) in [5, 5.41) is 1.19. The highest BCUT2D eigenvalue weighted by atomic mass is 28.1. The average molecular weight is 184 g/mol. The summed E-state index contributed by atoms with van der Waals surface area (Å²) in [6.07, 6.45) is 0. The van der Waals surface area contributed by atoms with Gasteiger partial charge in [-0.15, -0.1) is 0 Å². The van der Waals surface area contributed by atoms with Gasteiger partial charge in [0.05, 0.1) is 5.52 Å². The van der Waals surface area contributed by atoms with E-state index in [4.69, 9.17) is 0 Å². The number of rotatable bonds is 1.